The molecule has 0 bridgehead atoms. The number of carboxylic acids is 2. The van der Waals surface area contributed by atoms with Gasteiger partial charge in [-0.2, -0.15) is 0 Å². The van der Waals surface area contributed by atoms with Gasteiger partial charge in [0.15, 0.2) is 0 Å². The van der Waals surface area contributed by atoms with E-state index in [-0.39, 0.29) is 24.2 Å². The number of ether oxygens (including phenoxy) is 1. The van der Waals surface area contributed by atoms with Crippen molar-refractivity contribution in [2.24, 2.45) is 0 Å². The van der Waals surface area contributed by atoms with Crippen molar-refractivity contribution in [3.05, 3.63) is 35.9 Å². The highest BCUT2D eigenvalue weighted by Crippen LogP contribution is 2.21. The molecule has 0 aromatic heterocycles. The van der Waals surface area contributed by atoms with Gasteiger partial charge in [0.2, 0.25) is 0 Å². The molecule has 4 N–H and O–H groups in total. The van der Waals surface area contributed by atoms with E-state index in [2.05, 4.69) is 15.4 Å². The molecule has 9 nitrogen and oxygen atoms in total. The molecule has 0 saturated heterocycles. The van der Waals surface area contributed by atoms with Crippen LogP contribution in [0.2, 0.25) is 0 Å². The van der Waals surface area contributed by atoms with Crippen molar-refractivity contribution in [1.29, 1.82) is 0 Å². The minimum absolute atomic E-state index is 0.185. The standard InChI is InChI=1S/C17H20N2O7/c20-14(21)9-18-11-6-7-12(11)19-13(16(23)24)8-15(22)26-17(25)10-4-2-1-3-5-10/h1-5,11-13,18-19H,6-9H2,(H,20,21)(H,23,24). The summed E-state index contributed by atoms with van der Waals surface area (Å²) >= 11 is 0. The van der Waals surface area contributed by atoms with Gasteiger partial charge in [0.25, 0.3) is 0 Å². The van der Waals surface area contributed by atoms with Crippen molar-refractivity contribution in [2.45, 2.75) is 37.4 Å². The largest absolute Gasteiger partial charge is 0.480 e. The van der Waals surface area contributed by atoms with Gasteiger partial charge in [-0.3, -0.25) is 19.7 Å². The van der Waals surface area contributed by atoms with Crippen LogP contribution in [-0.4, -0.2) is 58.8 Å². The van der Waals surface area contributed by atoms with E-state index < -0.39 is 36.3 Å². The summed E-state index contributed by atoms with van der Waals surface area (Å²) < 4.78 is 4.68. The predicted molar refractivity (Wildman–Crippen MR) is 88.5 cm³/mol. The predicted octanol–water partition coefficient (Wildman–Crippen LogP) is 0.00810. The van der Waals surface area contributed by atoms with E-state index >= 15 is 0 Å². The molecule has 3 unspecified atom stereocenters. The summed E-state index contributed by atoms with van der Waals surface area (Å²) in [6, 6.07) is 6.21. The fraction of sp³-hybridized carbons (Fsp3) is 0.412. The van der Waals surface area contributed by atoms with Gasteiger partial charge in [0.05, 0.1) is 18.5 Å². The first-order valence-electron chi connectivity index (χ1n) is 8.11. The van der Waals surface area contributed by atoms with Crippen molar-refractivity contribution in [2.75, 3.05) is 6.54 Å². The van der Waals surface area contributed by atoms with Crippen LogP contribution in [0.1, 0.15) is 29.6 Å². The molecule has 0 radical (unpaired) electrons. The topological polar surface area (TPSA) is 142 Å². The Morgan fingerprint density at radius 2 is 1.73 bits per heavy atom. The number of rotatable bonds is 9. The monoisotopic (exact) mass is 364 g/mol. The third-order valence-corrected chi connectivity index (χ3v) is 4.09. The number of carbonyl (C=O) groups is 4. The third kappa shape index (κ3) is 5.64. The molecule has 26 heavy (non-hydrogen) atoms. The number of nitrogens with one attached hydrogen (secondary N) is 2. The molecule has 0 aliphatic heterocycles. The third-order valence-electron chi connectivity index (χ3n) is 4.09. The quantitative estimate of drug-likeness (QED) is 0.352. The van der Waals surface area contributed by atoms with Crippen molar-refractivity contribution < 1.29 is 34.1 Å². The van der Waals surface area contributed by atoms with Crippen LogP contribution in [0, 0.1) is 0 Å². The normalized spacial score (nSPS) is 19.8. The highest BCUT2D eigenvalue weighted by molar-refractivity contribution is 5.97. The van der Waals surface area contributed by atoms with Crippen LogP contribution in [0.5, 0.6) is 0 Å². The summed E-state index contributed by atoms with van der Waals surface area (Å²) in [7, 11) is 0. The van der Waals surface area contributed by atoms with E-state index in [9.17, 15) is 24.3 Å². The highest BCUT2D eigenvalue weighted by atomic mass is 16.6. The Morgan fingerprint density at radius 1 is 1.08 bits per heavy atom. The molecular formula is C17H20N2O7. The van der Waals surface area contributed by atoms with Crippen LogP contribution in [0.25, 0.3) is 0 Å². The Labute approximate surface area is 149 Å². The van der Waals surface area contributed by atoms with E-state index in [0.717, 1.165) is 0 Å². The molecule has 140 valence electrons. The minimum atomic E-state index is -1.25. The van der Waals surface area contributed by atoms with Crippen molar-refractivity contribution >= 4 is 23.9 Å². The number of esters is 2. The van der Waals surface area contributed by atoms with Crippen LogP contribution >= 0.6 is 0 Å². The summed E-state index contributed by atoms with van der Waals surface area (Å²) in [4.78, 5) is 45.7. The lowest BCUT2D eigenvalue weighted by Crippen LogP contribution is -2.60. The summed E-state index contributed by atoms with van der Waals surface area (Å²) in [5.41, 5.74) is 0.192. The first kappa shape index (κ1) is 19.5. The van der Waals surface area contributed by atoms with E-state index in [0.29, 0.717) is 12.8 Å². The second-order valence-electron chi connectivity index (χ2n) is 5.95. The van der Waals surface area contributed by atoms with Gasteiger partial charge in [-0.25, -0.2) is 4.79 Å². The molecule has 1 aromatic rings. The first-order valence-corrected chi connectivity index (χ1v) is 8.11. The Morgan fingerprint density at radius 3 is 2.27 bits per heavy atom. The Hall–Kier alpha value is -2.78. The Balaban J connectivity index is 1.85. The van der Waals surface area contributed by atoms with Crippen molar-refractivity contribution in [3.8, 4) is 0 Å². The summed E-state index contributed by atoms with van der Waals surface area (Å²) in [5.74, 6) is -4.05. The molecule has 3 atom stereocenters. The number of aliphatic carboxylic acids is 2. The van der Waals surface area contributed by atoms with Gasteiger partial charge in [-0.15, -0.1) is 0 Å². The molecule has 1 aliphatic carbocycles. The average Bonchev–Trinajstić information content (AvgIpc) is 2.57. The molecule has 1 aliphatic rings. The smallest absolute Gasteiger partial charge is 0.345 e. The Kier molecular flexibility index (Phi) is 6.81. The molecule has 1 saturated carbocycles. The number of hydrogen-bond acceptors (Lipinski definition) is 7. The second-order valence-corrected chi connectivity index (χ2v) is 5.95. The van der Waals surface area contributed by atoms with Crippen molar-refractivity contribution in [3.63, 3.8) is 0 Å². The van der Waals surface area contributed by atoms with E-state index in [1.807, 2.05) is 0 Å². The minimum Gasteiger partial charge on any atom is -0.480 e. The molecule has 9 heteroatoms. The zero-order chi connectivity index (χ0) is 19.1. The van der Waals surface area contributed by atoms with Crippen LogP contribution in [-0.2, 0) is 19.1 Å². The van der Waals surface area contributed by atoms with E-state index in [1.54, 1.807) is 18.2 Å². The SMILES string of the molecule is O=C(O)CNC1CCC1NC(CC(=O)OC(=O)c1ccccc1)C(=O)O. The molecule has 0 heterocycles. The van der Waals surface area contributed by atoms with Crippen molar-refractivity contribution in [1.82, 2.24) is 10.6 Å². The number of carbonyl (C=O) groups excluding carboxylic acids is 2. The van der Waals surface area contributed by atoms with E-state index in [1.165, 1.54) is 12.1 Å². The molecule has 0 spiro atoms. The molecular weight excluding hydrogens is 344 g/mol. The van der Waals surface area contributed by atoms with Gasteiger partial charge in [0, 0.05) is 12.1 Å². The van der Waals surface area contributed by atoms with Crippen LogP contribution in [0.4, 0.5) is 0 Å². The second kappa shape index (κ2) is 9.07. The van der Waals surface area contributed by atoms with E-state index in [4.69, 9.17) is 5.11 Å². The molecule has 1 aromatic carbocycles. The van der Waals surface area contributed by atoms with Gasteiger partial charge in [0.1, 0.15) is 6.04 Å². The van der Waals surface area contributed by atoms with Gasteiger partial charge < -0.3 is 20.3 Å². The zero-order valence-corrected chi connectivity index (χ0v) is 13.9. The summed E-state index contributed by atoms with van der Waals surface area (Å²) in [6.45, 7) is -0.228. The lowest BCUT2D eigenvalue weighted by molar-refractivity contribution is -0.146. The zero-order valence-electron chi connectivity index (χ0n) is 13.9. The van der Waals surface area contributed by atoms with Gasteiger partial charge in [-0.05, 0) is 25.0 Å². The number of benzene rings is 1. The number of carboxylic acid groups (broad SMARTS) is 2. The van der Waals surface area contributed by atoms with Crippen LogP contribution < -0.4 is 10.6 Å². The maximum atomic E-state index is 11.9. The molecule has 2 rings (SSSR count). The fourth-order valence-electron chi connectivity index (χ4n) is 2.58. The highest BCUT2D eigenvalue weighted by Gasteiger charge is 2.35. The summed E-state index contributed by atoms with van der Waals surface area (Å²) in [5, 5.41) is 23.5. The fourth-order valence-corrected chi connectivity index (χ4v) is 2.58. The lowest BCUT2D eigenvalue weighted by atomic mass is 9.85. The maximum Gasteiger partial charge on any atom is 0.345 e. The van der Waals surface area contributed by atoms with Gasteiger partial charge >= 0.3 is 23.9 Å². The summed E-state index contributed by atoms with van der Waals surface area (Å²) in [6.07, 6.45) is 0.837. The number of hydrogen-bond donors (Lipinski definition) is 4. The van der Waals surface area contributed by atoms with Crippen LogP contribution in [0.15, 0.2) is 30.3 Å². The average molecular weight is 364 g/mol. The first-order chi connectivity index (χ1) is 12.4. The maximum absolute atomic E-state index is 11.9. The van der Waals surface area contributed by atoms with Crippen LogP contribution in [0.3, 0.4) is 0 Å². The van der Waals surface area contributed by atoms with Gasteiger partial charge in [-0.1, -0.05) is 18.2 Å². The lowest BCUT2D eigenvalue weighted by Gasteiger charge is -2.39. The molecule has 1 fully saturated rings. The molecule has 0 amide bonds. The Bertz CT molecular complexity index is 677.